The Labute approximate surface area is 191 Å². The topological polar surface area (TPSA) is 65.4 Å². The number of amides is 1. The summed E-state index contributed by atoms with van der Waals surface area (Å²) >= 11 is 1.56. The predicted molar refractivity (Wildman–Crippen MR) is 129 cm³/mol. The van der Waals surface area contributed by atoms with Gasteiger partial charge in [-0.15, -0.1) is 0 Å². The summed E-state index contributed by atoms with van der Waals surface area (Å²) in [7, 11) is 1.63. The van der Waals surface area contributed by atoms with E-state index in [0.717, 1.165) is 27.4 Å². The smallest absolute Gasteiger partial charge is 0.244 e. The standard InChI is InChI=1S/C25H25N3O3S/c1-18-11-13-19(14-12-18)26-24(29)17-28-21-8-4-3-7-20(21)27-25(28)32-16-15-31-23-10-6-5-9-22(23)30-2/h3-14H,15-17H2,1-2H3,(H,26,29). The molecule has 0 saturated carbocycles. The lowest BCUT2D eigenvalue weighted by Gasteiger charge is -2.11. The predicted octanol–water partition coefficient (Wildman–Crippen LogP) is 5.16. The number of fused-ring (bicyclic) bond motifs is 1. The van der Waals surface area contributed by atoms with Gasteiger partial charge in [0.25, 0.3) is 0 Å². The number of nitrogens with one attached hydrogen (secondary N) is 1. The third kappa shape index (κ3) is 5.23. The Morgan fingerprint density at radius 1 is 1.00 bits per heavy atom. The van der Waals surface area contributed by atoms with Gasteiger partial charge < -0.3 is 19.4 Å². The van der Waals surface area contributed by atoms with Crippen molar-refractivity contribution in [3.8, 4) is 11.5 Å². The Kier molecular flexibility index (Phi) is 6.97. The van der Waals surface area contributed by atoms with Crippen molar-refractivity contribution in [1.29, 1.82) is 0 Å². The molecular weight excluding hydrogens is 422 g/mol. The average Bonchev–Trinajstić information content (AvgIpc) is 3.15. The first-order valence-electron chi connectivity index (χ1n) is 10.3. The van der Waals surface area contributed by atoms with Crippen molar-refractivity contribution in [1.82, 2.24) is 9.55 Å². The molecule has 0 spiro atoms. The maximum atomic E-state index is 12.7. The van der Waals surface area contributed by atoms with Crippen LogP contribution >= 0.6 is 11.8 Å². The van der Waals surface area contributed by atoms with Crippen LogP contribution in [0.4, 0.5) is 5.69 Å². The second kappa shape index (κ2) is 10.2. The Hall–Kier alpha value is -3.45. The zero-order valence-electron chi connectivity index (χ0n) is 18.1. The summed E-state index contributed by atoms with van der Waals surface area (Å²) in [6.07, 6.45) is 0. The molecule has 0 bridgehead atoms. The molecule has 0 unspecified atom stereocenters. The number of anilines is 1. The first-order valence-corrected chi connectivity index (χ1v) is 11.3. The Bertz CT molecular complexity index is 1200. The van der Waals surface area contributed by atoms with E-state index in [1.54, 1.807) is 18.9 Å². The van der Waals surface area contributed by atoms with Gasteiger partial charge in [0, 0.05) is 11.4 Å². The van der Waals surface area contributed by atoms with Gasteiger partial charge in [0.2, 0.25) is 5.91 Å². The van der Waals surface area contributed by atoms with Crippen molar-refractivity contribution >= 4 is 34.4 Å². The molecule has 0 fully saturated rings. The molecule has 1 N–H and O–H groups in total. The summed E-state index contributed by atoms with van der Waals surface area (Å²) in [6.45, 7) is 2.69. The molecule has 4 aromatic rings. The minimum Gasteiger partial charge on any atom is -0.493 e. The molecule has 0 atom stereocenters. The number of carbonyl (C=O) groups is 1. The molecule has 0 aliphatic carbocycles. The SMILES string of the molecule is COc1ccccc1OCCSc1nc2ccccc2n1CC(=O)Nc1ccc(C)cc1. The number of aryl methyl sites for hydroxylation is 1. The number of nitrogens with zero attached hydrogens (tertiary/aromatic N) is 2. The van der Waals surface area contributed by atoms with Crippen molar-refractivity contribution in [2.24, 2.45) is 0 Å². The van der Waals surface area contributed by atoms with Gasteiger partial charge in [-0.05, 0) is 43.3 Å². The fourth-order valence-corrected chi connectivity index (χ4v) is 4.15. The maximum Gasteiger partial charge on any atom is 0.244 e. The van der Waals surface area contributed by atoms with Crippen LogP contribution in [0.25, 0.3) is 11.0 Å². The third-order valence-electron chi connectivity index (χ3n) is 4.90. The van der Waals surface area contributed by atoms with Gasteiger partial charge >= 0.3 is 0 Å². The molecule has 0 saturated heterocycles. The van der Waals surface area contributed by atoms with Crippen LogP contribution in [0.3, 0.4) is 0 Å². The van der Waals surface area contributed by atoms with Gasteiger partial charge in [0.1, 0.15) is 6.54 Å². The maximum absolute atomic E-state index is 12.7. The van der Waals surface area contributed by atoms with Crippen LogP contribution in [0.15, 0.2) is 78.0 Å². The fourth-order valence-electron chi connectivity index (χ4n) is 3.32. The number of methoxy groups -OCH3 is 1. The summed E-state index contributed by atoms with van der Waals surface area (Å²) in [6, 6.07) is 23.2. The quantitative estimate of drug-likeness (QED) is 0.283. The molecule has 0 radical (unpaired) electrons. The van der Waals surface area contributed by atoms with Crippen LogP contribution in [0.2, 0.25) is 0 Å². The molecule has 1 amide bonds. The van der Waals surface area contributed by atoms with Gasteiger partial charge in [-0.25, -0.2) is 4.98 Å². The third-order valence-corrected chi connectivity index (χ3v) is 5.84. The van der Waals surface area contributed by atoms with Gasteiger partial charge in [0.15, 0.2) is 16.7 Å². The molecule has 1 heterocycles. The highest BCUT2D eigenvalue weighted by Crippen LogP contribution is 2.27. The summed E-state index contributed by atoms with van der Waals surface area (Å²) in [4.78, 5) is 17.5. The number of hydrogen-bond donors (Lipinski definition) is 1. The number of thioether (sulfide) groups is 1. The Morgan fingerprint density at radius 3 is 2.50 bits per heavy atom. The molecule has 4 rings (SSSR count). The van der Waals surface area contributed by atoms with Gasteiger partial charge in [-0.1, -0.05) is 53.7 Å². The molecule has 7 heteroatoms. The van der Waals surface area contributed by atoms with Crippen LogP contribution in [0.1, 0.15) is 5.56 Å². The van der Waals surface area contributed by atoms with E-state index < -0.39 is 0 Å². The number of aromatic nitrogens is 2. The van der Waals surface area contributed by atoms with Crippen LogP contribution in [0, 0.1) is 6.92 Å². The van der Waals surface area contributed by atoms with E-state index in [1.165, 1.54) is 0 Å². The highest BCUT2D eigenvalue weighted by Gasteiger charge is 2.14. The second-order valence-electron chi connectivity index (χ2n) is 7.23. The van der Waals surface area contributed by atoms with Crippen LogP contribution in [-0.2, 0) is 11.3 Å². The first kappa shape index (κ1) is 21.8. The van der Waals surface area contributed by atoms with Crippen LogP contribution in [-0.4, -0.2) is 34.9 Å². The highest BCUT2D eigenvalue weighted by atomic mass is 32.2. The van der Waals surface area contributed by atoms with Gasteiger partial charge in [0.05, 0.1) is 24.8 Å². The zero-order valence-corrected chi connectivity index (χ0v) is 18.9. The van der Waals surface area contributed by atoms with Crippen molar-refractivity contribution in [2.45, 2.75) is 18.6 Å². The monoisotopic (exact) mass is 447 g/mol. The molecule has 0 aliphatic heterocycles. The summed E-state index contributed by atoms with van der Waals surface area (Å²) in [5, 5.41) is 3.75. The highest BCUT2D eigenvalue weighted by molar-refractivity contribution is 7.99. The molecule has 0 aliphatic rings. The summed E-state index contributed by atoms with van der Waals surface area (Å²) in [5.41, 5.74) is 3.73. The normalized spacial score (nSPS) is 10.8. The molecule has 3 aromatic carbocycles. The zero-order chi connectivity index (χ0) is 22.3. The Morgan fingerprint density at radius 2 is 1.72 bits per heavy atom. The molecular formula is C25H25N3O3S. The van der Waals surface area contributed by atoms with Crippen LogP contribution in [0.5, 0.6) is 11.5 Å². The second-order valence-corrected chi connectivity index (χ2v) is 8.29. The van der Waals surface area contributed by atoms with E-state index in [4.69, 9.17) is 14.5 Å². The van der Waals surface area contributed by atoms with E-state index in [0.29, 0.717) is 23.9 Å². The number of hydrogen-bond acceptors (Lipinski definition) is 5. The largest absolute Gasteiger partial charge is 0.493 e. The van der Waals surface area contributed by atoms with Crippen LogP contribution < -0.4 is 14.8 Å². The minimum atomic E-state index is -0.0934. The van der Waals surface area contributed by atoms with E-state index in [9.17, 15) is 4.79 Å². The number of rotatable bonds is 9. The summed E-state index contributed by atoms with van der Waals surface area (Å²) < 4.78 is 13.1. The van der Waals surface area contributed by atoms with E-state index >= 15 is 0 Å². The lowest BCUT2D eigenvalue weighted by Crippen LogP contribution is -2.19. The van der Waals surface area contributed by atoms with Gasteiger partial charge in [-0.2, -0.15) is 0 Å². The van der Waals surface area contributed by atoms with E-state index in [2.05, 4.69) is 5.32 Å². The minimum absolute atomic E-state index is 0.0934. The first-order chi connectivity index (χ1) is 15.6. The number of ether oxygens (including phenoxy) is 2. The molecule has 1 aromatic heterocycles. The molecule has 164 valence electrons. The summed E-state index contributed by atoms with van der Waals surface area (Å²) in [5.74, 6) is 2.00. The van der Waals surface area contributed by atoms with Crippen molar-refractivity contribution in [3.05, 3.63) is 78.4 Å². The van der Waals surface area contributed by atoms with Crippen molar-refractivity contribution in [2.75, 3.05) is 24.8 Å². The van der Waals surface area contributed by atoms with E-state index in [1.807, 2.05) is 84.3 Å². The van der Waals surface area contributed by atoms with Gasteiger partial charge in [-0.3, -0.25) is 4.79 Å². The van der Waals surface area contributed by atoms with Crippen molar-refractivity contribution < 1.29 is 14.3 Å². The lowest BCUT2D eigenvalue weighted by molar-refractivity contribution is -0.116. The number of para-hydroxylation sites is 4. The number of imidazole rings is 1. The molecule has 6 nitrogen and oxygen atoms in total. The van der Waals surface area contributed by atoms with Crippen molar-refractivity contribution in [3.63, 3.8) is 0 Å². The number of benzene rings is 3. The van der Waals surface area contributed by atoms with E-state index in [-0.39, 0.29) is 12.5 Å². The Balaban J connectivity index is 1.44. The number of carbonyl (C=O) groups excluding carboxylic acids is 1. The molecule has 32 heavy (non-hydrogen) atoms. The average molecular weight is 448 g/mol. The lowest BCUT2D eigenvalue weighted by atomic mass is 10.2. The fraction of sp³-hybridized carbons (Fsp3) is 0.200.